The predicted octanol–water partition coefficient (Wildman–Crippen LogP) is 4.03. The molecule has 0 aliphatic rings. The highest BCUT2D eigenvalue weighted by Crippen LogP contribution is 2.26. The second-order valence-corrected chi connectivity index (χ2v) is 6.97. The molecule has 0 aliphatic carbocycles. The van der Waals surface area contributed by atoms with Crippen LogP contribution in [0, 0.1) is 5.82 Å². The number of primary amides is 1. The summed E-state index contributed by atoms with van der Waals surface area (Å²) in [6.45, 7) is 3.51. The van der Waals surface area contributed by atoms with Crippen molar-refractivity contribution in [2.24, 2.45) is 5.73 Å². The van der Waals surface area contributed by atoms with Crippen LogP contribution in [0.3, 0.4) is 0 Å². The summed E-state index contributed by atoms with van der Waals surface area (Å²) in [5, 5.41) is 2.80. The van der Waals surface area contributed by atoms with Gasteiger partial charge in [0.25, 0.3) is 0 Å². The number of carbonyl (C=O) groups is 2. The monoisotopic (exact) mass is 393 g/mol. The van der Waals surface area contributed by atoms with E-state index in [4.69, 9.17) is 10.5 Å². The van der Waals surface area contributed by atoms with E-state index in [2.05, 4.69) is 10.3 Å². The average molecular weight is 393 g/mol. The number of aromatic nitrogens is 1. The van der Waals surface area contributed by atoms with Crippen molar-refractivity contribution in [1.82, 2.24) is 4.98 Å². The first kappa shape index (κ1) is 20.0. The summed E-state index contributed by atoms with van der Waals surface area (Å²) in [6, 6.07) is 15.5. The molecule has 29 heavy (non-hydrogen) atoms. The summed E-state index contributed by atoms with van der Waals surface area (Å²) >= 11 is 0. The second kappa shape index (κ2) is 8.10. The number of nitrogens with two attached hydrogens (primary N) is 1. The predicted molar refractivity (Wildman–Crippen MR) is 107 cm³/mol. The lowest BCUT2D eigenvalue weighted by atomic mass is 9.83. The SMILES string of the molecule is CC(C)(C(=O)Nc1ccc(Oc2cccc(C(N)=O)c2)nc1)c1ccc(F)cc1. The minimum absolute atomic E-state index is 0.256. The van der Waals surface area contributed by atoms with E-state index in [1.54, 1.807) is 56.3 Å². The molecule has 3 rings (SSSR count). The Labute approximate surface area is 167 Å². The van der Waals surface area contributed by atoms with Crippen molar-refractivity contribution in [3.05, 3.63) is 83.8 Å². The number of rotatable bonds is 6. The van der Waals surface area contributed by atoms with Crippen molar-refractivity contribution in [2.45, 2.75) is 19.3 Å². The van der Waals surface area contributed by atoms with Gasteiger partial charge in [0.15, 0.2) is 0 Å². The standard InChI is InChI=1S/C22H20FN3O3/c1-22(2,15-6-8-16(23)9-7-15)21(28)26-17-10-11-19(25-13-17)29-18-5-3-4-14(12-18)20(24)27/h3-13H,1-2H3,(H2,24,27)(H,26,28). The number of carbonyl (C=O) groups excluding carboxylic acids is 2. The lowest BCUT2D eigenvalue weighted by molar-refractivity contribution is -0.120. The Morgan fingerprint density at radius 3 is 2.41 bits per heavy atom. The van der Waals surface area contributed by atoms with E-state index >= 15 is 0 Å². The normalized spacial score (nSPS) is 11.0. The highest BCUT2D eigenvalue weighted by molar-refractivity contribution is 5.98. The molecular weight excluding hydrogens is 373 g/mol. The lowest BCUT2D eigenvalue weighted by Crippen LogP contribution is -2.34. The number of hydrogen-bond donors (Lipinski definition) is 2. The Morgan fingerprint density at radius 1 is 1.07 bits per heavy atom. The molecule has 0 bridgehead atoms. The van der Waals surface area contributed by atoms with Crippen LogP contribution in [0.15, 0.2) is 66.9 Å². The summed E-state index contributed by atoms with van der Waals surface area (Å²) in [5.41, 5.74) is 5.91. The first-order valence-corrected chi connectivity index (χ1v) is 8.87. The maximum atomic E-state index is 13.1. The largest absolute Gasteiger partial charge is 0.439 e. The third-order valence-electron chi connectivity index (χ3n) is 4.47. The number of anilines is 1. The van der Waals surface area contributed by atoms with Crippen molar-refractivity contribution >= 4 is 17.5 Å². The van der Waals surface area contributed by atoms with Crippen LogP contribution in [0.5, 0.6) is 11.6 Å². The van der Waals surface area contributed by atoms with Gasteiger partial charge in [0, 0.05) is 11.6 Å². The zero-order chi connectivity index (χ0) is 21.0. The van der Waals surface area contributed by atoms with Gasteiger partial charge in [0.2, 0.25) is 17.7 Å². The summed E-state index contributed by atoms with van der Waals surface area (Å²) in [4.78, 5) is 28.1. The van der Waals surface area contributed by atoms with E-state index in [0.717, 1.165) is 0 Å². The molecular formula is C22H20FN3O3. The minimum atomic E-state index is -0.863. The zero-order valence-corrected chi connectivity index (χ0v) is 16.0. The van der Waals surface area contributed by atoms with Gasteiger partial charge in [-0.2, -0.15) is 0 Å². The van der Waals surface area contributed by atoms with E-state index in [-0.39, 0.29) is 11.7 Å². The number of hydrogen-bond acceptors (Lipinski definition) is 4. The molecule has 3 N–H and O–H groups in total. The van der Waals surface area contributed by atoms with Crippen LogP contribution < -0.4 is 15.8 Å². The molecule has 0 aliphatic heterocycles. The zero-order valence-electron chi connectivity index (χ0n) is 16.0. The highest BCUT2D eigenvalue weighted by atomic mass is 19.1. The number of amides is 2. The maximum Gasteiger partial charge on any atom is 0.248 e. The van der Waals surface area contributed by atoms with Crippen LogP contribution in [0.25, 0.3) is 0 Å². The third kappa shape index (κ3) is 4.76. The number of ether oxygens (including phenoxy) is 1. The van der Waals surface area contributed by atoms with Gasteiger partial charge in [0.05, 0.1) is 17.3 Å². The van der Waals surface area contributed by atoms with Gasteiger partial charge in [-0.25, -0.2) is 9.37 Å². The van der Waals surface area contributed by atoms with Gasteiger partial charge in [-0.15, -0.1) is 0 Å². The van der Waals surface area contributed by atoms with Gasteiger partial charge in [0.1, 0.15) is 11.6 Å². The van der Waals surface area contributed by atoms with Gasteiger partial charge in [-0.3, -0.25) is 9.59 Å². The van der Waals surface area contributed by atoms with Crippen LogP contribution in [0.4, 0.5) is 10.1 Å². The fourth-order valence-electron chi connectivity index (χ4n) is 2.63. The van der Waals surface area contributed by atoms with Crippen molar-refractivity contribution in [1.29, 1.82) is 0 Å². The fourth-order valence-corrected chi connectivity index (χ4v) is 2.63. The minimum Gasteiger partial charge on any atom is -0.439 e. The average Bonchev–Trinajstić information content (AvgIpc) is 2.70. The van der Waals surface area contributed by atoms with Gasteiger partial charge in [-0.05, 0) is 55.8 Å². The number of benzene rings is 2. The molecule has 148 valence electrons. The van der Waals surface area contributed by atoms with E-state index in [1.165, 1.54) is 24.4 Å². The fraction of sp³-hybridized carbons (Fsp3) is 0.136. The van der Waals surface area contributed by atoms with Crippen molar-refractivity contribution in [3.8, 4) is 11.6 Å². The molecule has 2 amide bonds. The topological polar surface area (TPSA) is 94.3 Å². The lowest BCUT2D eigenvalue weighted by Gasteiger charge is -2.24. The molecule has 0 saturated heterocycles. The number of pyridine rings is 1. The first-order chi connectivity index (χ1) is 13.8. The summed E-state index contributed by atoms with van der Waals surface area (Å²) in [6.07, 6.45) is 1.46. The van der Waals surface area contributed by atoms with Crippen molar-refractivity contribution in [3.63, 3.8) is 0 Å². The van der Waals surface area contributed by atoms with Crippen molar-refractivity contribution in [2.75, 3.05) is 5.32 Å². The molecule has 0 atom stereocenters. The van der Waals surface area contributed by atoms with E-state index in [9.17, 15) is 14.0 Å². The van der Waals surface area contributed by atoms with Gasteiger partial charge >= 0.3 is 0 Å². The van der Waals surface area contributed by atoms with Crippen LogP contribution in [0.2, 0.25) is 0 Å². The van der Waals surface area contributed by atoms with Gasteiger partial charge in [-0.1, -0.05) is 18.2 Å². The molecule has 1 aromatic heterocycles. The second-order valence-electron chi connectivity index (χ2n) is 6.97. The Balaban J connectivity index is 1.68. The Hall–Kier alpha value is -3.74. The van der Waals surface area contributed by atoms with E-state index in [1.807, 2.05) is 0 Å². The van der Waals surface area contributed by atoms with E-state index in [0.29, 0.717) is 28.4 Å². The Kier molecular flexibility index (Phi) is 5.59. The Bertz CT molecular complexity index is 1030. The third-order valence-corrected chi connectivity index (χ3v) is 4.47. The molecule has 0 unspecified atom stereocenters. The molecule has 6 nitrogen and oxygen atoms in total. The van der Waals surface area contributed by atoms with Crippen molar-refractivity contribution < 1.29 is 18.7 Å². The van der Waals surface area contributed by atoms with Crippen LogP contribution in [-0.4, -0.2) is 16.8 Å². The molecule has 3 aromatic rings. The highest BCUT2D eigenvalue weighted by Gasteiger charge is 2.29. The van der Waals surface area contributed by atoms with E-state index < -0.39 is 11.3 Å². The number of nitrogens with one attached hydrogen (secondary N) is 1. The molecule has 0 radical (unpaired) electrons. The molecule has 2 aromatic carbocycles. The number of halogens is 1. The molecule has 0 spiro atoms. The molecule has 7 heteroatoms. The van der Waals surface area contributed by atoms with Crippen LogP contribution in [0.1, 0.15) is 29.8 Å². The molecule has 0 saturated carbocycles. The smallest absolute Gasteiger partial charge is 0.248 e. The summed E-state index contributed by atoms with van der Waals surface area (Å²) in [5.74, 6) is -0.449. The van der Waals surface area contributed by atoms with Crippen LogP contribution in [-0.2, 0) is 10.2 Å². The summed E-state index contributed by atoms with van der Waals surface area (Å²) < 4.78 is 18.7. The molecule has 0 fully saturated rings. The maximum absolute atomic E-state index is 13.1. The molecule has 1 heterocycles. The number of nitrogens with zero attached hydrogens (tertiary/aromatic N) is 1. The quantitative estimate of drug-likeness (QED) is 0.661. The Morgan fingerprint density at radius 2 is 1.79 bits per heavy atom. The van der Waals surface area contributed by atoms with Crippen LogP contribution >= 0.6 is 0 Å². The van der Waals surface area contributed by atoms with Gasteiger partial charge < -0.3 is 15.8 Å². The summed E-state index contributed by atoms with van der Waals surface area (Å²) in [7, 11) is 0. The first-order valence-electron chi connectivity index (χ1n) is 8.87.